The Kier molecular flexibility index (Phi) is 6.44. The maximum Gasteiger partial charge on any atom is 0.327 e. The number of nitrogens with one attached hydrogen (secondary N) is 1. The predicted molar refractivity (Wildman–Crippen MR) is 90.9 cm³/mol. The van der Waals surface area contributed by atoms with E-state index >= 15 is 0 Å². The fourth-order valence-corrected chi connectivity index (χ4v) is 2.40. The summed E-state index contributed by atoms with van der Waals surface area (Å²) in [5.41, 5.74) is 1.87. The molecule has 1 unspecified atom stereocenters. The third-order valence-electron chi connectivity index (χ3n) is 3.39. The molecule has 1 atom stereocenters. The van der Waals surface area contributed by atoms with Crippen molar-refractivity contribution in [2.75, 3.05) is 20.3 Å². The minimum atomic E-state index is -0.615. The first-order chi connectivity index (χ1) is 11.1. The van der Waals surface area contributed by atoms with Crippen LogP contribution in [0.3, 0.4) is 0 Å². The van der Waals surface area contributed by atoms with Crippen LogP contribution in [0.25, 0.3) is 0 Å². The number of rotatable bonds is 7. The van der Waals surface area contributed by atoms with Gasteiger partial charge in [0, 0.05) is 11.6 Å². The highest BCUT2D eigenvalue weighted by atomic mass is 35.5. The highest BCUT2D eigenvalue weighted by molar-refractivity contribution is 6.31. The molecular weight excluding hydrogens is 314 g/mol. The van der Waals surface area contributed by atoms with E-state index in [1.54, 1.807) is 12.1 Å². The first-order valence-corrected chi connectivity index (χ1v) is 7.74. The molecule has 0 saturated carbocycles. The van der Waals surface area contributed by atoms with Gasteiger partial charge in [0.1, 0.15) is 18.4 Å². The van der Waals surface area contributed by atoms with Gasteiger partial charge >= 0.3 is 5.97 Å². The lowest BCUT2D eigenvalue weighted by Crippen LogP contribution is -2.32. The molecule has 0 saturated heterocycles. The fourth-order valence-electron chi connectivity index (χ4n) is 2.15. The zero-order valence-electron chi connectivity index (χ0n) is 13.2. The molecular formula is C18H20ClNO3. The van der Waals surface area contributed by atoms with Crippen LogP contribution >= 0.6 is 11.6 Å². The number of hydrogen-bond donors (Lipinski definition) is 1. The summed E-state index contributed by atoms with van der Waals surface area (Å²) in [6.07, 6.45) is 0. The summed E-state index contributed by atoms with van der Waals surface area (Å²) in [7, 11) is 1.36. The molecule has 4 nitrogen and oxygen atoms in total. The van der Waals surface area contributed by atoms with E-state index in [2.05, 4.69) is 5.32 Å². The Hall–Kier alpha value is -2.04. The molecule has 2 aromatic carbocycles. The summed E-state index contributed by atoms with van der Waals surface area (Å²) in [6, 6.07) is 14.4. The van der Waals surface area contributed by atoms with Gasteiger partial charge in [0.25, 0.3) is 0 Å². The van der Waals surface area contributed by atoms with Crippen LogP contribution in [-0.4, -0.2) is 26.2 Å². The van der Waals surface area contributed by atoms with Crippen LogP contribution in [0, 0.1) is 6.92 Å². The lowest BCUT2D eigenvalue weighted by molar-refractivity contribution is -0.143. The third-order valence-corrected chi connectivity index (χ3v) is 3.74. The Bertz CT molecular complexity index is 643. The van der Waals surface area contributed by atoms with Crippen LogP contribution < -0.4 is 10.1 Å². The molecule has 0 bridgehead atoms. The molecule has 0 amide bonds. The molecule has 5 heteroatoms. The molecule has 23 heavy (non-hydrogen) atoms. The van der Waals surface area contributed by atoms with E-state index in [9.17, 15) is 4.79 Å². The van der Waals surface area contributed by atoms with E-state index in [4.69, 9.17) is 21.1 Å². The van der Waals surface area contributed by atoms with E-state index in [0.717, 1.165) is 5.75 Å². The second kappa shape index (κ2) is 8.56. The standard InChI is InChI=1S/C18H20ClNO3/c1-13-7-9-14(10-8-13)23-12-11-20-17(18(21)22-2)15-5-3-4-6-16(15)19/h3-10,17,20H,11-12H2,1-2H3. The van der Waals surface area contributed by atoms with Crippen LogP contribution in [-0.2, 0) is 9.53 Å². The summed E-state index contributed by atoms with van der Waals surface area (Å²) >= 11 is 6.16. The second-order valence-corrected chi connectivity index (χ2v) is 5.50. The first-order valence-electron chi connectivity index (χ1n) is 7.37. The van der Waals surface area contributed by atoms with Crippen molar-refractivity contribution < 1.29 is 14.3 Å². The van der Waals surface area contributed by atoms with Crippen molar-refractivity contribution in [3.05, 3.63) is 64.7 Å². The Morgan fingerprint density at radius 1 is 1.17 bits per heavy atom. The molecule has 0 aliphatic rings. The van der Waals surface area contributed by atoms with E-state index in [0.29, 0.717) is 23.7 Å². The zero-order chi connectivity index (χ0) is 16.7. The van der Waals surface area contributed by atoms with Crippen molar-refractivity contribution in [1.82, 2.24) is 5.32 Å². The largest absolute Gasteiger partial charge is 0.492 e. The summed E-state index contributed by atoms with van der Waals surface area (Å²) in [5, 5.41) is 3.65. The Morgan fingerprint density at radius 3 is 2.52 bits per heavy atom. The van der Waals surface area contributed by atoms with Crippen LogP contribution in [0.2, 0.25) is 5.02 Å². The number of ether oxygens (including phenoxy) is 2. The molecule has 2 aromatic rings. The molecule has 0 heterocycles. The van der Waals surface area contributed by atoms with Crippen molar-refractivity contribution in [2.24, 2.45) is 0 Å². The summed E-state index contributed by atoms with van der Waals surface area (Å²) in [6.45, 7) is 2.94. The molecule has 0 fully saturated rings. The normalized spacial score (nSPS) is 11.8. The van der Waals surface area contributed by atoms with Gasteiger partial charge in [-0.05, 0) is 30.7 Å². The number of carbonyl (C=O) groups is 1. The molecule has 0 aliphatic heterocycles. The van der Waals surface area contributed by atoms with Gasteiger partial charge in [0.15, 0.2) is 0 Å². The number of esters is 1. The molecule has 0 radical (unpaired) electrons. The molecule has 1 N–H and O–H groups in total. The smallest absolute Gasteiger partial charge is 0.327 e. The second-order valence-electron chi connectivity index (χ2n) is 5.09. The van der Waals surface area contributed by atoms with Crippen LogP contribution in [0.5, 0.6) is 5.75 Å². The number of aryl methyl sites for hydroxylation is 1. The van der Waals surface area contributed by atoms with Gasteiger partial charge in [0.2, 0.25) is 0 Å². The van der Waals surface area contributed by atoms with Crippen molar-refractivity contribution in [3.8, 4) is 5.75 Å². The monoisotopic (exact) mass is 333 g/mol. The van der Waals surface area contributed by atoms with Gasteiger partial charge < -0.3 is 9.47 Å². The Morgan fingerprint density at radius 2 is 1.87 bits per heavy atom. The van der Waals surface area contributed by atoms with E-state index in [1.165, 1.54) is 12.7 Å². The number of halogens is 1. The summed E-state index contributed by atoms with van der Waals surface area (Å²) < 4.78 is 10.5. The topological polar surface area (TPSA) is 47.6 Å². The van der Waals surface area contributed by atoms with E-state index < -0.39 is 6.04 Å². The summed E-state index contributed by atoms with van der Waals surface area (Å²) in [5.74, 6) is 0.415. The Labute approximate surface area is 141 Å². The third kappa shape index (κ3) is 4.98. The quantitative estimate of drug-likeness (QED) is 0.622. The van der Waals surface area contributed by atoms with Crippen molar-refractivity contribution in [3.63, 3.8) is 0 Å². The molecule has 0 aliphatic carbocycles. The van der Waals surface area contributed by atoms with Gasteiger partial charge in [-0.25, -0.2) is 4.79 Å². The minimum absolute atomic E-state index is 0.381. The minimum Gasteiger partial charge on any atom is -0.492 e. The maximum atomic E-state index is 12.0. The summed E-state index contributed by atoms with van der Waals surface area (Å²) in [4.78, 5) is 12.0. The zero-order valence-corrected chi connectivity index (χ0v) is 14.0. The van der Waals surface area contributed by atoms with Gasteiger partial charge in [-0.15, -0.1) is 0 Å². The number of carbonyl (C=O) groups excluding carboxylic acids is 1. The average molecular weight is 334 g/mol. The molecule has 0 spiro atoms. The van der Waals surface area contributed by atoms with Crippen LogP contribution in [0.1, 0.15) is 17.2 Å². The molecule has 122 valence electrons. The lowest BCUT2D eigenvalue weighted by Gasteiger charge is -2.18. The van der Waals surface area contributed by atoms with Crippen molar-refractivity contribution in [2.45, 2.75) is 13.0 Å². The molecule has 0 aromatic heterocycles. The SMILES string of the molecule is COC(=O)C(NCCOc1ccc(C)cc1)c1ccccc1Cl. The number of methoxy groups -OCH3 is 1. The Balaban J connectivity index is 1.93. The highest BCUT2D eigenvalue weighted by Crippen LogP contribution is 2.23. The van der Waals surface area contributed by atoms with E-state index in [1.807, 2.05) is 43.3 Å². The number of benzene rings is 2. The predicted octanol–water partition coefficient (Wildman–Crippen LogP) is 3.53. The first kappa shape index (κ1) is 17.3. The molecule has 2 rings (SSSR count). The highest BCUT2D eigenvalue weighted by Gasteiger charge is 2.22. The van der Waals surface area contributed by atoms with Crippen molar-refractivity contribution in [1.29, 1.82) is 0 Å². The van der Waals surface area contributed by atoms with Gasteiger partial charge in [0.05, 0.1) is 7.11 Å². The number of hydrogen-bond acceptors (Lipinski definition) is 4. The van der Waals surface area contributed by atoms with Crippen molar-refractivity contribution >= 4 is 17.6 Å². The fraction of sp³-hybridized carbons (Fsp3) is 0.278. The maximum absolute atomic E-state index is 12.0. The van der Waals surface area contributed by atoms with Gasteiger partial charge in [-0.3, -0.25) is 5.32 Å². The van der Waals surface area contributed by atoms with Gasteiger partial charge in [-0.2, -0.15) is 0 Å². The van der Waals surface area contributed by atoms with Gasteiger partial charge in [-0.1, -0.05) is 47.5 Å². The average Bonchev–Trinajstić information content (AvgIpc) is 2.57. The lowest BCUT2D eigenvalue weighted by atomic mass is 10.1. The van der Waals surface area contributed by atoms with Crippen LogP contribution in [0.4, 0.5) is 0 Å². The van der Waals surface area contributed by atoms with Crippen LogP contribution in [0.15, 0.2) is 48.5 Å². The van der Waals surface area contributed by atoms with E-state index in [-0.39, 0.29) is 5.97 Å².